The van der Waals surface area contributed by atoms with E-state index >= 15 is 0 Å². The lowest BCUT2D eigenvalue weighted by molar-refractivity contribution is 1.03. The minimum absolute atomic E-state index is 0.337. The summed E-state index contributed by atoms with van der Waals surface area (Å²) in [6.07, 6.45) is 0. The maximum absolute atomic E-state index is 4.38. The highest BCUT2D eigenvalue weighted by molar-refractivity contribution is 5.54. The topological polar surface area (TPSA) is 111 Å². The molecule has 0 aliphatic heterocycles. The Morgan fingerprint density at radius 3 is 0.867 bits per heavy atom. The molecule has 9 heteroatoms. The fourth-order valence-corrected chi connectivity index (χ4v) is 2.49. The highest BCUT2D eigenvalue weighted by Gasteiger charge is 2.07. The van der Waals surface area contributed by atoms with Crippen LogP contribution >= 0.6 is 0 Å². The van der Waals surface area contributed by atoms with Gasteiger partial charge in [-0.05, 0) is 36.4 Å². The quantitative estimate of drug-likeness (QED) is 0.231. The molecule has 0 fully saturated rings. The van der Waals surface area contributed by atoms with Gasteiger partial charge in [0.2, 0.25) is 17.8 Å². The van der Waals surface area contributed by atoms with Gasteiger partial charge in [0.1, 0.15) is 0 Å². The summed E-state index contributed by atoms with van der Waals surface area (Å²) in [7, 11) is 0. The van der Waals surface area contributed by atoms with Crippen LogP contribution < -0.4 is 32.6 Å². The highest BCUT2D eigenvalue weighted by atomic mass is 15.5. The number of rotatable bonds is 9. The van der Waals surface area contributed by atoms with E-state index in [-0.39, 0.29) is 0 Å². The van der Waals surface area contributed by atoms with Gasteiger partial charge in [-0.3, -0.25) is 32.6 Å². The smallest absolute Gasteiger partial charge is 0.248 e. The second-order valence-electron chi connectivity index (χ2n) is 6.15. The van der Waals surface area contributed by atoms with Gasteiger partial charge in [0.15, 0.2) is 0 Å². The first-order valence-electron chi connectivity index (χ1n) is 9.32. The van der Waals surface area contributed by atoms with E-state index in [1.807, 2.05) is 91.0 Å². The lowest BCUT2D eigenvalue weighted by Gasteiger charge is -2.14. The lowest BCUT2D eigenvalue weighted by Crippen LogP contribution is -2.19. The van der Waals surface area contributed by atoms with Gasteiger partial charge >= 0.3 is 0 Å². The molecule has 0 spiro atoms. The third-order valence-corrected chi connectivity index (χ3v) is 3.91. The Morgan fingerprint density at radius 2 is 0.600 bits per heavy atom. The van der Waals surface area contributed by atoms with Crippen LogP contribution in [0.15, 0.2) is 91.0 Å². The molecular weight excluding hydrogens is 378 g/mol. The average molecular weight is 399 g/mol. The molecule has 4 aromatic rings. The number of benzene rings is 3. The van der Waals surface area contributed by atoms with Crippen molar-refractivity contribution >= 4 is 34.9 Å². The van der Waals surface area contributed by atoms with Crippen LogP contribution in [-0.4, -0.2) is 15.0 Å². The number of nitrogens with one attached hydrogen (secondary N) is 6. The first-order chi connectivity index (χ1) is 14.8. The Kier molecular flexibility index (Phi) is 6.02. The number of hydrogen-bond donors (Lipinski definition) is 6. The summed E-state index contributed by atoms with van der Waals surface area (Å²) >= 11 is 0. The Morgan fingerprint density at radius 1 is 0.333 bits per heavy atom. The third kappa shape index (κ3) is 5.49. The number of anilines is 6. The molecule has 0 aliphatic carbocycles. The van der Waals surface area contributed by atoms with E-state index in [4.69, 9.17) is 0 Å². The summed E-state index contributed by atoms with van der Waals surface area (Å²) < 4.78 is 0. The van der Waals surface area contributed by atoms with E-state index in [1.165, 1.54) is 0 Å². The van der Waals surface area contributed by atoms with Crippen molar-refractivity contribution < 1.29 is 0 Å². The SMILES string of the molecule is c1ccc(NNc2nc(NNc3ccccc3)nc(NNc3ccccc3)n2)cc1. The molecule has 0 saturated heterocycles. The number of hydrazine groups is 3. The standard InChI is InChI=1S/C21H21N9/c1-4-10-16(11-5-1)25-28-19-22-20(29-26-17-12-6-2-7-13-17)24-21(23-19)30-27-18-14-8-3-9-15-18/h1-15,25-27H,(H3,22,23,24,28,29,30). The second kappa shape index (κ2) is 9.60. The van der Waals surface area contributed by atoms with Gasteiger partial charge < -0.3 is 0 Å². The Labute approximate surface area is 173 Å². The van der Waals surface area contributed by atoms with Crippen LogP contribution in [0.2, 0.25) is 0 Å². The summed E-state index contributed by atoms with van der Waals surface area (Å²) in [6.45, 7) is 0. The Bertz CT molecular complexity index is 895. The molecule has 0 radical (unpaired) electrons. The van der Waals surface area contributed by atoms with Crippen LogP contribution in [0, 0.1) is 0 Å². The maximum atomic E-state index is 4.38. The van der Waals surface area contributed by atoms with Crippen LogP contribution in [0.5, 0.6) is 0 Å². The van der Waals surface area contributed by atoms with Gasteiger partial charge in [0.05, 0.1) is 17.1 Å². The van der Waals surface area contributed by atoms with Gasteiger partial charge in [0.25, 0.3) is 0 Å². The number of nitrogens with zero attached hydrogens (tertiary/aromatic N) is 3. The first-order valence-corrected chi connectivity index (χ1v) is 9.32. The van der Waals surface area contributed by atoms with Gasteiger partial charge in [-0.1, -0.05) is 54.6 Å². The van der Waals surface area contributed by atoms with Crippen molar-refractivity contribution in [1.29, 1.82) is 0 Å². The second-order valence-corrected chi connectivity index (χ2v) is 6.15. The van der Waals surface area contributed by atoms with Crippen molar-refractivity contribution in [2.45, 2.75) is 0 Å². The monoisotopic (exact) mass is 399 g/mol. The molecule has 1 heterocycles. The minimum Gasteiger partial charge on any atom is -0.298 e. The van der Waals surface area contributed by atoms with E-state index in [2.05, 4.69) is 47.5 Å². The normalized spacial score (nSPS) is 10.0. The summed E-state index contributed by atoms with van der Waals surface area (Å²) in [6, 6.07) is 29.0. The largest absolute Gasteiger partial charge is 0.298 e. The van der Waals surface area contributed by atoms with E-state index in [9.17, 15) is 0 Å². The van der Waals surface area contributed by atoms with E-state index in [0.29, 0.717) is 17.8 Å². The summed E-state index contributed by atoms with van der Waals surface area (Å²) in [5.74, 6) is 1.01. The fourth-order valence-electron chi connectivity index (χ4n) is 2.49. The van der Waals surface area contributed by atoms with Crippen LogP contribution in [-0.2, 0) is 0 Å². The molecule has 150 valence electrons. The fraction of sp³-hybridized carbons (Fsp3) is 0. The van der Waals surface area contributed by atoms with Crippen LogP contribution in [0.4, 0.5) is 34.9 Å². The molecule has 1 aromatic heterocycles. The zero-order valence-corrected chi connectivity index (χ0v) is 16.0. The molecule has 0 atom stereocenters. The number of para-hydroxylation sites is 3. The van der Waals surface area contributed by atoms with E-state index in [0.717, 1.165) is 17.1 Å². The van der Waals surface area contributed by atoms with Gasteiger partial charge in [0, 0.05) is 0 Å². The molecule has 0 bridgehead atoms. The molecule has 0 amide bonds. The zero-order chi connectivity index (χ0) is 20.4. The third-order valence-electron chi connectivity index (χ3n) is 3.91. The van der Waals surface area contributed by atoms with Crippen molar-refractivity contribution in [3.63, 3.8) is 0 Å². The molecule has 9 nitrogen and oxygen atoms in total. The van der Waals surface area contributed by atoms with Crippen molar-refractivity contribution in [1.82, 2.24) is 15.0 Å². The summed E-state index contributed by atoms with van der Waals surface area (Å²) in [4.78, 5) is 13.1. The van der Waals surface area contributed by atoms with Crippen LogP contribution in [0.3, 0.4) is 0 Å². The molecule has 30 heavy (non-hydrogen) atoms. The molecule has 0 aliphatic rings. The predicted octanol–water partition coefficient (Wildman–Crippen LogP) is 4.19. The number of hydrogen-bond acceptors (Lipinski definition) is 9. The average Bonchev–Trinajstić information content (AvgIpc) is 2.82. The molecule has 0 saturated carbocycles. The predicted molar refractivity (Wildman–Crippen MR) is 121 cm³/mol. The Balaban J connectivity index is 1.48. The van der Waals surface area contributed by atoms with Gasteiger partial charge in [-0.25, -0.2) is 0 Å². The molecule has 6 N–H and O–H groups in total. The van der Waals surface area contributed by atoms with E-state index < -0.39 is 0 Å². The zero-order valence-electron chi connectivity index (χ0n) is 16.0. The maximum Gasteiger partial charge on any atom is 0.248 e. The van der Waals surface area contributed by atoms with Crippen molar-refractivity contribution in [3.8, 4) is 0 Å². The molecule has 4 rings (SSSR count). The lowest BCUT2D eigenvalue weighted by atomic mass is 10.3. The molecular formula is C21H21N9. The van der Waals surface area contributed by atoms with Gasteiger partial charge in [-0.2, -0.15) is 15.0 Å². The van der Waals surface area contributed by atoms with E-state index in [1.54, 1.807) is 0 Å². The summed E-state index contributed by atoms with van der Waals surface area (Å²) in [5, 5.41) is 0. The van der Waals surface area contributed by atoms with Gasteiger partial charge in [-0.15, -0.1) is 0 Å². The van der Waals surface area contributed by atoms with Crippen molar-refractivity contribution in [2.24, 2.45) is 0 Å². The Hall–Kier alpha value is -4.53. The molecule has 0 unspecified atom stereocenters. The highest BCUT2D eigenvalue weighted by Crippen LogP contribution is 2.13. The summed E-state index contributed by atoms with van der Waals surface area (Å²) in [5.41, 5.74) is 20.8. The van der Waals surface area contributed by atoms with Crippen LogP contribution in [0.25, 0.3) is 0 Å². The van der Waals surface area contributed by atoms with Crippen LogP contribution in [0.1, 0.15) is 0 Å². The number of aromatic nitrogens is 3. The molecule has 3 aromatic carbocycles. The van der Waals surface area contributed by atoms with Crippen molar-refractivity contribution in [3.05, 3.63) is 91.0 Å². The van der Waals surface area contributed by atoms with Crippen molar-refractivity contribution in [2.75, 3.05) is 32.6 Å². The minimum atomic E-state index is 0.337. The first kappa shape index (κ1) is 18.8.